The molecule has 2 rings (SSSR count). The molecule has 112 valence electrons. The number of nitrogens with one attached hydrogen (secondary N) is 1. The summed E-state index contributed by atoms with van der Waals surface area (Å²) < 4.78 is 3.26. The third-order valence-electron chi connectivity index (χ3n) is 2.87. The molecule has 0 aliphatic rings. The molecule has 1 N–H and O–H groups in total. The molecule has 1 aromatic carbocycles. The van der Waals surface area contributed by atoms with Crippen molar-refractivity contribution >= 4 is 41.2 Å². The number of benzene rings is 1. The highest BCUT2D eigenvalue weighted by molar-refractivity contribution is 8.02. The minimum Gasteiger partial charge on any atom is -0.355 e. The minimum absolute atomic E-state index is 0.0195. The maximum Gasteiger partial charge on any atom is 0.233 e. The summed E-state index contributed by atoms with van der Waals surface area (Å²) >= 11 is 8.26. The van der Waals surface area contributed by atoms with Crippen LogP contribution in [0.15, 0.2) is 28.6 Å². The predicted molar refractivity (Wildman–Crippen MR) is 91.0 cm³/mol. The van der Waals surface area contributed by atoms with Gasteiger partial charge in [0.25, 0.3) is 0 Å². The van der Waals surface area contributed by atoms with Crippen molar-refractivity contribution in [2.45, 2.75) is 30.4 Å². The zero-order valence-electron chi connectivity index (χ0n) is 12.1. The molecule has 0 radical (unpaired) electrons. The first-order chi connectivity index (χ1) is 10.0. The third kappa shape index (κ3) is 3.93. The Bertz CT molecular complexity index is 693. The van der Waals surface area contributed by atoms with Gasteiger partial charge in [-0.15, -0.1) is 5.10 Å². The molecule has 1 aromatic heterocycles. The molecule has 1 atom stereocenters. The summed E-state index contributed by atoms with van der Waals surface area (Å²) in [5.41, 5.74) is 2.10. The van der Waals surface area contributed by atoms with Crippen LogP contribution in [-0.4, -0.2) is 27.5 Å². The van der Waals surface area contributed by atoms with Crippen molar-refractivity contribution in [1.29, 1.82) is 0 Å². The second-order valence-corrected chi connectivity index (χ2v) is 7.70. The Morgan fingerprint density at radius 3 is 2.90 bits per heavy atom. The van der Waals surface area contributed by atoms with Gasteiger partial charge in [-0.1, -0.05) is 41.3 Å². The average molecular weight is 340 g/mol. The van der Waals surface area contributed by atoms with Crippen LogP contribution in [0, 0.1) is 10.9 Å². The molecule has 7 heteroatoms. The van der Waals surface area contributed by atoms with Crippen LogP contribution in [0.3, 0.4) is 0 Å². The molecule has 21 heavy (non-hydrogen) atoms. The Kier molecular flexibility index (Phi) is 5.55. The van der Waals surface area contributed by atoms with Crippen molar-refractivity contribution in [2.75, 3.05) is 6.54 Å². The lowest BCUT2D eigenvalue weighted by atomic mass is 10.2. The van der Waals surface area contributed by atoms with Crippen LogP contribution in [0.5, 0.6) is 0 Å². The number of nitrogens with zero attached hydrogens (tertiary/aromatic N) is 2. The molecule has 4 nitrogen and oxygen atoms in total. The Labute approximate surface area is 137 Å². The predicted octanol–water partition coefficient (Wildman–Crippen LogP) is 3.59. The Morgan fingerprint density at radius 2 is 2.24 bits per heavy atom. The van der Waals surface area contributed by atoms with Crippen molar-refractivity contribution in [3.63, 3.8) is 0 Å². The van der Waals surface area contributed by atoms with Gasteiger partial charge in [0, 0.05) is 6.54 Å². The maximum absolute atomic E-state index is 11.8. The Hall–Kier alpha value is -1.18. The van der Waals surface area contributed by atoms with E-state index < -0.39 is 0 Å². The first-order valence-electron chi connectivity index (χ1n) is 6.63. The summed E-state index contributed by atoms with van der Waals surface area (Å²) in [7, 11) is 0. The van der Waals surface area contributed by atoms with Gasteiger partial charge in [-0.3, -0.25) is 4.79 Å². The molecular weight excluding hydrogens is 322 g/mol. The van der Waals surface area contributed by atoms with Gasteiger partial charge in [0.15, 0.2) is 8.29 Å². The first-order valence-corrected chi connectivity index (χ1v) is 8.74. The van der Waals surface area contributed by atoms with Crippen LogP contribution in [0.4, 0.5) is 0 Å². The van der Waals surface area contributed by atoms with Crippen LogP contribution in [-0.2, 0) is 4.79 Å². The normalized spacial score (nSPS) is 12.1. The largest absolute Gasteiger partial charge is 0.355 e. The van der Waals surface area contributed by atoms with Crippen LogP contribution in [0.1, 0.15) is 19.4 Å². The van der Waals surface area contributed by atoms with Crippen molar-refractivity contribution in [3.8, 4) is 5.69 Å². The number of amides is 1. The van der Waals surface area contributed by atoms with E-state index >= 15 is 0 Å². The monoisotopic (exact) mass is 339 g/mol. The van der Waals surface area contributed by atoms with Crippen molar-refractivity contribution < 1.29 is 4.79 Å². The van der Waals surface area contributed by atoms with Crippen molar-refractivity contribution in [1.82, 2.24) is 15.1 Å². The van der Waals surface area contributed by atoms with Crippen molar-refractivity contribution in [3.05, 3.63) is 33.8 Å². The van der Waals surface area contributed by atoms with E-state index in [9.17, 15) is 4.79 Å². The number of aromatic nitrogens is 2. The number of aryl methyl sites for hydroxylation is 1. The highest BCUT2D eigenvalue weighted by Crippen LogP contribution is 2.28. The van der Waals surface area contributed by atoms with Gasteiger partial charge < -0.3 is 5.32 Å². The molecule has 0 saturated heterocycles. The van der Waals surface area contributed by atoms with E-state index in [0.717, 1.165) is 15.6 Å². The molecule has 1 heterocycles. The molecule has 0 spiro atoms. The highest BCUT2D eigenvalue weighted by Gasteiger charge is 2.17. The zero-order valence-corrected chi connectivity index (χ0v) is 14.6. The van der Waals surface area contributed by atoms with E-state index in [2.05, 4.69) is 10.4 Å². The molecule has 2 aromatic rings. The molecule has 0 aliphatic heterocycles. The van der Waals surface area contributed by atoms with Gasteiger partial charge in [-0.05, 0) is 44.6 Å². The summed E-state index contributed by atoms with van der Waals surface area (Å²) in [4.78, 5) is 11.8. The second-order valence-electron chi connectivity index (χ2n) is 4.49. The third-order valence-corrected chi connectivity index (χ3v) is 5.29. The lowest BCUT2D eigenvalue weighted by Gasteiger charge is -2.08. The second kappa shape index (κ2) is 7.20. The first kappa shape index (κ1) is 16.2. The Balaban J connectivity index is 2.22. The highest BCUT2D eigenvalue weighted by atomic mass is 32.2. The van der Waals surface area contributed by atoms with Gasteiger partial charge in [-0.2, -0.15) is 0 Å². The summed E-state index contributed by atoms with van der Waals surface area (Å²) in [6.07, 6.45) is 0. The lowest BCUT2D eigenvalue weighted by molar-refractivity contribution is -0.120. The van der Waals surface area contributed by atoms with E-state index in [1.54, 1.807) is 4.68 Å². The molecule has 0 bridgehead atoms. The summed E-state index contributed by atoms with van der Waals surface area (Å²) in [6.45, 7) is 6.45. The topological polar surface area (TPSA) is 46.9 Å². The fourth-order valence-electron chi connectivity index (χ4n) is 1.78. The summed E-state index contributed by atoms with van der Waals surface area (Å²) in [5.74, 6) is 0.0195. The van der Waals surface area contributed by atoms with E-state index in [1.165, 1.54) is 23.1 Å². The van der Waals surface area contributed by atoms with Gasteiger partial charge in [-0.25, -0.2) is 4.68 Å². The number of para-hydroxylation sites is 1. The molecule has 0 aliphatic carbocycles. The van der Waals surface area contributed by atoms with E-state index in [4.69, 9.17) is 12.2 Å². The van der Waals surface area contributed by atoms with E-state index in [0.29, 0.717) is 10.5 Å². The quantitative estimate of drug-likeness (QED) is 0.668. The number of thioether (sulfide) groups is 1. The van der Waals surface area contributed by atoms with Crippen molar-refractivity contribution in [2.24, 2.45) is 0 Å². The average Bonchev–Trinajstić information content (AvgIpc) is 2.80. The van der Waals surface area contributed by atoms with Gasteiger partial charge >= 0.3 is 0 Å². The van der Waals surface area contributed by atoms with E-state index in [1.807, 2.05) is 45.0 Å². The van der Waals surface area contributed by atoms with Gasteiger partial charge in [0.1, 0.15) is 0 Å². The molecule has 1 amide bonds. The molecule has 0 fully saturated rings. The number of rotatable bonds is 5. The fourth-order valence-corrected chi connectivity index (χ4v) is 4.30. The van der Waals surface area contributed by atoms with E-state index in [-0.39, 0.29) is 11.2 Å². The number of carbonyl (C=O) groups is 1. The molecule has 0 unspecified atom stereocenters. The lowest BCUT2D eigenvalue weighted by Crippen LogP contribution is -2.30. The van der Waals surface area contributed by atoms with Gasteiger partial charge in [0.05, 0.1) is 10.9 Å². The Morgan fingerprint density at radius 1 is 1.52 bits per heavy atom. The zero-order chi connectivity index (χ0) is 15.4. The number of hydrogen-bond donors (Lipinski definition) is 1. The standard InChI is InChI=1S/C14H17N3OS3/c1-4-15-12(18)10(3)20-13-16-17(14(19)21-13)11-8-6-5-7-9(11)2/h5-8,10H,4H2,1-3H3,(H,15,18)/t10-/m1/s1. The molecule has 0 saturated carbocycles. The summed E-state index contributed by atoms with van der Waals surface area (Å²) in [6, 6.07) is 7.97. The smallest absolute Gasteiger partial charge is 0.233 e. The molecular formula is C14H17N3OS3. The maximum atomic E-state index is 11.8. The fraction of sp³-hybridized carbons (Fsp3) is 0.357. The summed E-state index contributed by atoms with van der Waals surface area (Å²) in [5, 5.41) is 7.16. The van der Waals surface area contributed by atoms with Gasteiger partial charge in [0.2, 0.25) is 5.91 Å². The van der Waals surface area contributed by atoms with Crippen LogP contribution >= 0.6 is 35.3 Å². The van der Waals surface area contributed by atoms with Crippen LogP contribution in [0.2, 0.25) is 0 Å². The van der Waals surface area contributed by atoms with Crippen LogP contribution in [0.25, 0.3) is 5.69 Å². The number of hydrogen-bond acceptors (Lipinski definition) is 5. The minimum atomic E-state index is -0.184. The van der Waals surface area contributed by atoms with Crippen LogP contribution < -0.4 is 5.32 Å². The SMILES string of the molecule is CCNC(=O)[C@@H](C)Sc1nn(-c2ccccc2C)c(=S)s1. The number of carbonyl (C=O) groups excluding carboxylic acids is 1.